The van der Waals surface area contributed by atoms with Gasteiger partial charge in [-0.3, -0.25) is 5.10 Å². The first-order valence-corrected chi connectivity index (χ1v) is 14.0. The van der Waals surface area contributed by atoms with Crippen LogP contribution in [0.3, 0.4) is 0 Å². The Morgan fingerprint density at radius 3 is 2.53 bits per heavy atom. The Kier molecular flexibility index (Phi) is 6.51. The van der Waals surface area contributed by atoms with E-state index < -0.39 is 10.0 Å². The summed E-state index contributed by atoms with van der Waals surface area (Å²) in [6.07, 6.45) is 6.44. The normalized spacial score (nSPS) is 27.6. The summed E-state index contributed by atoms with van der Waals surface area (Å²) in [5, 5.41) is 10.5. The Hall–Kier alpha value is -2.24. The van der Waals surface area contributed by atoms with Crippen LogP contribution < -0.4 is 10.2 Å². The van der Waals surface area contributed by atoms with E-state index in [-0.39, 0.29) is 30.0 Å². The molecule has 0 spiro atoms. The van der Waals surface area contributed by atoms with Gasteiger partial charge in [0.2, 0.25) is 16.0 Å². The molecule has 0 aromatic carbocycles. The van der Waals surface area contributed by atoms with Gasteiger partial charge in [-0.1, -0.05) is 6.42 Å². The molecule has 11 heteroatoms. The van der Waals surface area contributed by atoms with Gasteiger partial charge in [0.15, 0.2) is 5.82 Å². The van der Waals surface area contributed by atoms with Gasteiger partial charge in [0.25, 0.3) is 0 Å². The van der Waals surface area contributed by atoms with Crippen LogP contribution in [0.2, 0.25) is 0 Å². The Bertz CT molecular complexity index is 1100. The number of rotatable bonds is 7. The fourth-order valence-electron chi connectivity index (χ4n) is 5.66. The SMILES string of the molecule is CCS(=O)(=O)N1[C@@H]2CCC[C@H]1CC(N(C)c1nc(Nc3cc(C)[nH]n3)cc([C@@H]3CCCO3)n1)C2. The molecular formula is C23H35N7O3S. The van der Waals surface area contributed by atoms with E-state index >= 15 is 0 Å². The van der Waals surface area contributed by atoms with Crippen LogP contribution in [-0.2, 0) is 14.8 Å². The van der Waals surface area contributed by atoms with Gasteiger partial charge in [-0.25, -0.2) is 13.4 Å². The molecule has 3 aliphatic heterocycles. The zero-order chi connectivity index (χ0) is 23.9. The van der Waals surface area contributed by atoms with Crippen LogP contribution in [0.15, 0.2) is 12.1 Å². The molecule has 3 saturated heterocycles. The van der Waals surface area contributed by atoms with E-state index in [0.29, 0.717) is 17.6 Å². The predicted octanol–water partition coefficient (Wildman–Crippen LogP) is 3.27. The quantitative estimate of drug-likeness (QED) is 0.609. The third-order valence-electron chi connectivity index (χ3n) is 7.39. The van der Waals surface area contributed by atoms with Crippen molar-refractivity contribution in [3.63, 3.8) is 0 Å². The van der Waals surface area contributed by atoms with Gasteiger partial charge >= 0.3 is 0 Å². The summed E-state index contributed by atoms with van der Waals surface area (Å²) in [7, 11) is -1.17. The minimum atomic E-state index is -3.20. The minimum Gasteiger partial charge on any atom is -0.372 e. The highest BCUT2D eigenvalue weighted by Gasteiger charge is 2.45. The molecule has 10 nitrogen and oxygen atoms in total. The first-order chi connectivity index (χ1) is 16.3. The van der Waals surface area contributed by atoms with E-state index in [1.54, 1.807) is 6.92 Å². The van der Waals surface area contributed by atoms with Gasteiger partial charge in [-0.15, -0.1) is 0 Å². The molecule has 3 fully saturated rings. The average molecular weight is 490 g/mol. The molecule has 1 unspecified atom stereocenters. The van der Waals surface area contributed by atoms with Crippen LogP contribution in [0.4, 0.5) is 17.6 Å². The van der Waals surface area contributed by atoms with Crippen molar-refractivity contribution in [1.82, 2.24) is 24.5 Å². The molecule has 4 atom stereocenters. The molecule has 34 heavy (non-hydrogen) atoms. The lowest BCUT2D eigenvalue weighted by atomic mass is 9.83. The number of nitrogens with zero attached hydrogens (tertiary/aromatic N) is 5. The molecule has 5 rings (SSSR count). The molecule has 2 N–H and O–H groups in total. The van der Waals surface area contributed by atoms with Gasteiger partial charge in [0.1, 0.15) is 5.82 Å². The van der Waals surface area contributed by atoms with Crippen LogP contribution >= 0.6 is 0 Å². The van der Waals surface area contributed by atoms with Gasteiger partial charge in [0, 0.05) is 49.6 Å². The predicted molar refractivity (Wildman–Crippen MR) is 131 cm³/mol. The number of piperidine rings is 2. The number of H-pyrrole nitrogens is 1. The number of ether oxygens (including phenoxy) is 1. The van der Waals surface area contributed by atoms with E-state index in [2.05, 4.69) is 20.4 Å². The first kappa shape index (κ1) is 23.5. The highest BCUT2D eigenvalue weighted by molar-refractivity contribution is 7.89. The van der Waals surface area contributed by atoms with E-state index in [4.69, 9.17) is 14.7 Å². The van der Waals surface area contributed by atoms with Crippen LogP contribution in [0, 0.1) is 6.92 Å². The van der Waals surface area contributed by atoms with E-state index in [9.17, 15) is 8.42 Å². The Labute approximate surface area is 201 Å². The van der Waals surface area contributed by atoms with Gasteiger partial charge < -0.3 is 15.0 Å². The van der Waals surface area contributed by atoms with Crippen LogP contribution in [0.1, 0.15) is 69.4 Å². The van der Waals surface area contributed by atoms with Crippen molar-refractivity contribution in [2.75, 3.05) is 29.6 Å². The number of anilines is 3. The molecule has 2 bridgehead atoms. The van der Waals surface area contributed by atoms with Crippen LogP contribution in [0.25, 0.3) is 0 Å². The maximum absolute atomic E-state index is 12.8. The fourth-order valence-corrected chi connectivity index (χ4v) is 7.25. The number of hydrogen-bond acceptors (Lipinski definition) is 8. The Morgan fingerprint density at radius 1 is 1.15 bits per heavy atom. The molecule has 186 valence electrons. The molecule has 0 amide bonds. The lowest BCUT2D eigenvalue weighted by molar-refractivity contribution is 0.107. The highest BCUT2D eigenvalue weighted by atomic mass is 32.2. The molecule has 0 aliphatic carbocycles. The molecule has 0 saturated carbocycles. The lowest BCUT2D eigenvalue weighted by Gasteiger charge is -2.49. The minimum absolute atomic E-state index is 0.0347. The number of aromatic amines is 1. The van der Waals surface area contributed by atoms with E-state index in [1.165, 1.54) is 0 Å². The number of hydrogen-bond donors (Lipinski definition) is 2. The standard InChI is InChI=1S/C23H35N7O3S/c1-4-34(31,32)30-16-7-5-8-17(30)13-18(12-16)29(3)23-24-19(20-9-6-10-33-20)14-21(26-23)25-22-11-15(2)27-28-22/h11,14,16-18,20H,4-10,12-13H2,1-3H3,(H2,24,25,26,27,28)/t16-,17+,18?,20-/m0/s1. The summed E-state index contributed by atoms with van der Waals surface area (Å²) in [6.45, 7) is 4.44. The van der Waals surface area contributed by atoms with E-state index in [0.717, 1.165) is 62.9 Å². The molecule has 0 radical (unpaired) electrons. The van der Waals surface area contributed by atoms with Crippen molar-refractivity contribution in [3.8, 4) is 0 Å². The Morgan fingerprint density at radius 2 is 1.91 bits per heavy atom. The molecule has 2 aromatic rings. The summed E-state index contributed by atoms with van der Waals surface area (Å²) in [4.78, 5) is 11.9. The number of fused-ring (bicyclic) bond motifs is 2. The summed E-state index contributed by atoms with van der Waals surface area (Å²) in [6, 6.07) is 4.16. The van der Waals surface area contributed by atoms with Gasteiger partial charge in [-0.2, -0.15) is 14.4 Å². The highest BCUT2D eigenvalue weighted by Crippen LogP contribution is 2.39. The second-order valence-electron chi connectivity index (χ2n) is 9.75. The smallest absolute Gasteiger partial charge is 0.227 e. The van der Waals surface area contributed by atoms with Crippen molar-refractivity contribution in [3.05, 3.63) is 23.5 Å². The van der Waals surface area contributed by atoms with Crippen molar-refractivity contribution >= 4 is 27.6 Å². The van der Waals surface area contributed by atoms with Gasteiger partial charge in [-0.05, 0) is 52.4 Å². The molecule has 3 aliphatic rings. The number of aryl methyl sites for hydroxylation is 1. The van der Waals surface area contributed by atoms with Crippen LogP contribution in [0.5, 0.6) is 0 Å². The van der Waals surface area contributed by atoms with Crippen molar-refractivity contribution in [2.45, 2.75) is 83.0 Å². The largest absolute Gasteiger partial charge is 0.372 e. The average Bonchev–Trinajstić information content (AvgIpc) is 3.49. The second-order valence-corrected chi connectivity index (χ2v) is 11.9. The van der Waals surface area contributed by atoms with Crippen molar-refractivity contribution in [2.24, 2.45) is 0 Å². The number of nitrogens with one attached hydrogen (secondary N) is 2. The maximum Gasteiger partial charge on any atom is 0.227 e. The summed E-state index contributed by atoms with van der Waals surface area (Å²) in [5.74, 6) is 2.18. The fraction of sp³-hybridized carbons (Fsp3) is 0.696. The molecular weight excluding hydrogens is 454 g/mol. The second kappa shape index (κ2) is 9.43. The number of sulfonamides is 1. The number of aromatic nitrogens is 4. The third-order valence-corrected chi connectivity index (χ3v) is 9.36. The van der Waals surface area contributed by atoms with Gasteiger partial charge in [0.05, 0.1) is 17.6 Å². The zero-order valence-corrected chi connectivity index (χ0v) is 21.0. The summed E-state index contributed by atoms with van der Waals surface area (Å²) in [5.41, 5.74) is 1.84. The van der Waals surface area contributed by atoms with E-state index in [1.807, 2.05) is 30.4 Å². The topological polar surface area (TPSA) is 116 Å². The molecule has 2 aromatic heterocycles. The van der Waals surface area contributed by atoms with Crippen LogP contribution in [-0.4, -0.2) is 70.4 Å². The summed E-state index contributed by atoms with van der Waals surface area (Å²) < 4.78 is 33.3. The third kappa shape index (κ3) is 4.65. The lowest BCUT2D eigenvalue weighted by Crippen LogP contribution is -2.58. The summed E-state index contributed by atoms with van der Waals surface area (Å²) >= 11 is 0. The van der Waals surface area contributed by atoms with Crippen molar-refractivity contribution < 1.29 is 13.2 Å². The Balaban J connectivity index is 1.42. The first-order valence-electron chi connectivity index (χ1n) is 12.4. The molecule has 5 heterocycles. The maximum atomic E-state index is 12.8. The van der Waals surface area contributed by atoms with Crippen molar-refractivity contribution in [1.29, 1.82) is 0 Å². The monoisotopic (exact) mass is 489 g/mol. The zero-order valence-electron chi connectivity index (χ0n) is 20.2.